The van der Waals surface area contributed by atoms with Crippen LogP contribution in [0.3, 0.4) is 0 Å². The van der Waals surface area contributed by atoms with Crippen LogP contribution in [0.15, 0.2) is 86.4 Å². The first-order valence-electron chi connectivity index (χ1n) is 9.80. The molecule has 5 rings (SSSR count). The Morgan fingerprint density at radius 2 is 1.77 bits per heavy atom. The van der Waals surface area contributed by atoms with Crippen molar-refractivity contribution in [3.05, 3.63) is 106 Å². The van der Waals surface area contributed by atoms with Gasteiger partial charge in [-0.25, -0.2) is 4.79 Å². The van der Waals surface area contributed by atoms with E-state index in [2.05, 4.69) is 6.07 Å². The fourth-order valence-corrected chi connectivity index (χ4v) is 3.99. The van der Waals surface area contributed by atoms with E-state index in [1.54, 1.807) is 18.2 Å². The van der Waals surface area contributed by atoms with Gasteiger partial charge in [0.05, 0.1) is 17.0 Å². The predicted octanol–water partition coefficient (Wildman–Crippen LogP) is 5.47. The highest BCUT2D eigenvalue weighted by molar-refractivity contribution is 6.11. The number of aliphatic hydroxyl groups is 1. The summed E-state index contributed by atoms with van der Waals surface area (Å²) >= 11 is 0. The third kappa shape index (κ3) is 3.10. The summed E-state index contributed by atoms with van der Waals surface area (Å²) in [7, 11) is 0. The van der Waals surface area contributed by atoms with E-state index in [4.69, 9.17) is 8.83 Å². The van der Waals surface area contributed by atoms with Crippen LogP contribution in [0.5, 0.6) is 0 Å². The normalized spacial score (nSPS) is 12.2. The van der Waals surface area contributed by atoms with Gasteiger partial charge in [-0.1, -0.05) is 42.5 Å². The van der Waals surface area contributed by atoms with Crippen LogP contribution < -0.4 is 5.63 Å². The fourth-order valence-electron chi connectivity index (χ4n) is 3.99. The molecule has 1 unspecified atom stereocenters. The highest BCUT2D eigenvalue weighted by Crippen LogP contribution is 2.43. The van der Waals surface area contributed by atoms with Gasteiger partial charge in [0.15, 0.2) is 0 Å². The van der Waals surface area contributed by atoms with Gasteiger partial charge in [0.1, 0.15) is 23.0 Å². The Balaban J connectivity index is 1.92. The molecule has 31 heavy (non-hydrogen) atoms. The molecule has 0 radical (unpaired) electrons. The highest BCUT2D eigenvalue weighted by atomic mass is 16.4. The minimum absolute atomic E-state index is 0.327. The van der Waals surface area contributed by atoms with E-state index < -0.39 is 11.7 Å². The van der Waals surface area contributed by atoms with Crippen LogP contribution in [0, 0.1) is 18.3 Å². The summed E-state index contributed by atoms with van der Waals surface area (Å²) in [5, 5.41) is 22.0. The summed E-state index contributed by atoms with van der Waals surface area (Å²) < 4.78 is 11.7. The number of nitriles is 1. The maximum atomic E-state index is 12.2. The summed E-state index contributed by atoms with van der Waals surface area (Å²) in [5.41, 5.74) is 3.66. The first kappa shape index (κ1) is 18.9. The van der Waals surface area contributed by atoms with E-state index in [0.717, 1.165) is 10.9 Å². The minimum Gasteiger partial charge on any atom is -0.457 e. The zero-order valence-electron chi connectivity index (χ0n) is 16.6. The standard InChI is InChI=1S/C26H17NO4/c1-15-12-21(28)31-25-19(15)10-11-20-23(25)22(18-9-5-6-16(13-18)14-27)26(30-20)24(29)17-7-3-2-4-8-17/h2-13,24,29H,1H3. The molecule has 1 atom stereocenters. The van der Waals surface area contributed by atoms with Crippen LogP contribution in [0.1, 0.15) is 28.6 Å². The molecule has 0 saturated carbocycles. The smallest absolute Gasteiger partial charge is 0.336 e. The zero-order valence-corrected chi connectivity index (χ0v) is 16.6. The molecule has 3 aromatic carbocycles. The quantitative estimate of drug-likeness (QED) is 0.401. The van der Waals surface area contributed by atoms with Crippen molar-refractivity contribution in [1.29, 1.82) is 5.26 Å². The van der Waals surface area contributed by atoms with Crippen molar-refractivity contribution in [2.45, 2.75) is 13.0 Å². The molecular formula is C26H17NO4. The number of hydrogen-bond donors (Lipinski definition) is 1. The van der Waals surface area contributed by atoms with E-state index >= 15 is 0 Å². The van der Waals surface area contributed by atoms with Crippen LogP contribution in [-0.4, -0.2) is 5.11 Å². The predicted molar refractivity (Wildman–Crippen MR) is 118 cm³/mol. The van der Waals surface area contributed by atoms with Crippen LogP contribution in [0.2, 0.25) is 0 Å². The topological polar surface area (TPSA) is 87.4 Å². The first-order valence-corrected chi connectivity index (χ1v) is 9.80. The molecule has 0 spiro atoms. The molecular weight excluding hydrogens is 390 g/mol. The number of furan rings is 1. The summed E-state index contributed by atoms with van der Waals surface area (Å²) in [5.74, 6) is 0.327. The lowest BCUT2D eigenvalue weighted by Crippen LogP contribution is -2.00. The molecule has 5 aromatic rings. The Morgan fingerprint density at radius 1 is 0.968 bits per heavy atom. The minimum atomic E-state index is -1.04. The largest absolute Gasteiger partial charge is 0.457 e. The van der Waals surface area contributed by atoms with Crippen molar-refractivity contribution in [2.24, 2.45) is 0 Å². The lowest BCUT2D eigenvalue weighted by Gasteiger charge is -2.11. The molecule has 0 aliphatic carbocycles. The first-order chi connectivity index (χ1) is 15.1. The second-order valence-electron chi connectivity index (χ2n) is 7.41. The zero-order chi connectivity index (χ0) is 21.5. The molecule has 1 N–H and O–H groups in total. The molecule has 0 saturated heterocycles. The summed E-state index contributed by atoms with van der Waals surface area (Å²) in [6, 6.07) is 23.5. The van der Waals surface area contributed by atoms with Crippen LogP contribution >= 0.6 is 0 Å². The van der Waals surface area contributed by atoms with Gasteiger partial charge >= 0.3 is 5.63 Å². The number of fused-ring (bicyclic) bond motifs is 3. The summed E-state index contributed by atoms with van der Waals surface area (Å²) in [4.78, 5) is 12.2. The molecule has 150 valence electrons. The highest BCUT2D eigenvalue weighted by Gasteiger charge is 2.26. The Morgan fingerprint density at radius 3 is 2.55 bits per heavy atom. The molecule has 0 aliphatic heterocycles. The number of nitrogens with zero attached hydrogens (tertiary/aromatic N) is 1. The van der Waals surface area contributed by atoms with Gasteiger partial charge in [-0.2, -0.15) is 5.26 Å². The van der Waals surface area contributed by atoms with Gasteiger partial charge in [0, 0.05) is 17.0 Å². The Kier molecular flexibility index (Phi) is 4.43. The van der Waals surface area contributed by atoms with Gasteiger partial charge in [-0.15, -0.1) is 0 Å². The van der Waals surface area contributed by atoms with Crippen LogP contribution in [0.4, 0.5) is 0 Å². The van der Waals surface area contributed by atoms with E-state index in [-0.39, 0.29) is 0 Å². The fraction of sp³-hybridized carbons (Fsp3) is 0.0769. The van der Waals surface area contributed by atoms with Crippen molar-refractivity contribution in [3.8, 4) is 17.2 Å². The monoisotopic (exact) mass is 407 g/mol. The maximum Gasteiger partial charge on any atom is 0.336 e. The SMILES string of the molecule is Cc1cc(=O)oc2c1ccc1oc(C(O)c3ccccc3)c(-c3cccc(C#N)c3)c12. The van der Waals surface area contributed by atoms with Gasteiger partial charge in [-0.05, 0) is 47.9 Å². The Hall–Kier alpha value is -4.14. The molecule has 0 bridgehead atoms. The Labute approximate surface area is 177 Å². The second-order valence-corrected chi connectivity index (χ2v) is 7.41. The van der Waals surface area contributed by atoms with Crippen molar-refractivity contribution in [1.82, 2.24) is 0 Å². The molecule has 0 aliphatic rings. The van der Waals surface area contributed by atoms with Crippen molar-refractivity contribution in [3.63, 3.8) is 0 Å². The van der Waals surface area contributed by atoms with E-state index in [1.165, 1.54) is 6.07 Å². The van der Waals surface area contributed by atoms with Gasteiger partial charge in [-0.3, -0.25) is 0 Å². The summed E-state index contributed by atoms with van der Waals surface area (Å²) in [6.45, 7) is 1.85. The second kappa shape index (κ2) is 7.28. The van der Waals surface area contributed by atoms with Crippen molar-refractivity contribution < 1.29 is 13.9 Å². The molecule has 5 nitrogen and oxygen atoms in total. The average Bonchev–Trinajstić information content (AvgIpc) is 3.19. The number of aliphatic hydroxyl groups excluding tert-OH is 1. The third-order valence-electron chi connectivity index (χ3n) is 5.44. The average molecular weight is 407 g/mol. The van der Waals surface area contributed by atoms with Crippen molar-refractivity contribution in [2.75, 3.05) is 0 Å². The number of benzene rings is 3. The van der Waals surface area contributed by atoms with Gasteiger partial charge in [0.25, 0.3) is 0 Å². The van der Waals surface area contributed by atoms with E-state index in [9.17, 15) is 15.2 Å². The summed E-state index contributed by atoms with van der Waals surface area (Å²) in [6.07, 6.45) is -1.04. The van der Waals surface area contributed by atoms with E-state index in [0.29, 0.717) is 44.6 Å². The Bertz CT molecular complexity index is 1540. The van der Waals surface area contributed by atoms with Gasteiger partial charge in [0.2, 0.25) is 0 Å². The lowest BCUT2D eigenvalue weighted by molar-refractivity contribution is 0.193. The van der Waals surface area contributed by atoms with Crippen molar-refractivity contribution >= 4 is 21.9 Å². The van der Waals surface area contributed by atoms with Crippen LogP contribution in [0.25, 0.3) is 33.1 Å². The van der Waals surface area contributed by atoms with Crippen LogP contribution in [-0.2, 0) is 0 Å². The lowest BCUT2D eigenvalue weighted by atomic mass is 9.95. The molecule has 0 amide bonds. The molecule has 0 fully saturated rings. The number of aryl methyl sites for hydroxylation is 1. The molecule has 2 aromatic heterocycles. The molecule has 5 heteroatoms. The molecule has 2 heterocycles. The maximum absolute atomic E-state index is 12.2. The van der Waals surface area contributed by atoms with Gasteiger partial charge < -0.3 is 13.9 Å². The third-order valence-corrected chi connectivity index (χ3v) is 5.44. The van der Waals surface area contributed by atoms with E-state index in [1.807, 2.05) is 55.5 Å². The number of hydrogen-bond acceptors (Lipinski definition) is 5. The number of rotatable bonds is 3.